The smallest absolute Gasteiger partial charge is 0.272 e. The van der Waals surface area contributed by atoms with Gasteiger partial charge < -0.3 is 9.80 Å². The first-order valence-corrected chi connectivity index (χ1v) is 9.14. The second kappa shape index (κ2) is 7.72. The molecule has 1 amide bonds. The van der Waals surface area contributed by atoms with Gasteiger partial charge in [0.05, 0.1) is 10.7 Å². The lowest BCUT2D eigenvalue weighted by Gasteiger charge is -2.35. The number of hydrogen-bond donors (Lipinski definition) is 0. The van der Waals surface area contributed by atoms with E-state index >= 15 is 0 Å². The number of hydrogen-bond acceptors (Lipinski definition) is 5. The van der Waals surface area contributed by atoms with Crippen LogP contribution in [0.4, 0.5) is 5.82 Å². The topological polar surface area (TPSA) is 62.2 Å². The molecule has 7 heteroatoms. The predicted octanol–water partition coefficient (Wildman–Crippen LogP) is 3.15. The average Bonchev–Trinajstić information content (AvgIpc) is 2.74. The van der Waals surface area contributed by atoms with E-state index in [4.69, 9.17) is 11.6 Å². The molecule has 1 aliphatic heterocycles. The summed E-state index contributed by atoms with van der Waals surface area (Å²) in [6.07, 6.45) is 1.64. The summed E-state index contributed by atoms with van der Waals surface area (Å²) in [5.74, 6) is 0.770. The molecule has 1 fully saturated rings. The first-order valence-electron chi connectivity index (χ1n) is 8.76. The number of nitrogens with zero attached hydrogens (tertiary/aromatic N) is 5. The Bertz CT molecular complexity index is 925. The minimum Gasteiger partial charge on any atom is -0.352 e. The number of halogens is 1. The Morgan fingerprint density at radius 1 is 0.889 bits per heavy atom. The number of aromatic nitrogens is 3. The van der Waals surface area contributed by atoms with Crippen molar-refractivity contribution >= 4 is 23.3 Å². The van der Waals surface area contributed by atoms with Crippen LogP contribution in [-0.4, -0.2) is 52.2 Å². The van der Waals surface area contributed by atoms with Gasteiger partial charge in [-0.2, -0.15) is 0 Å². The van der Waals surface area contributed by atoms with Crippen molar-refractivity contribution in [3.05, 3.63) is 71.5 Å². The summed E-state index contributed by atoms with van der Waals surface area (Å²) in [6, 6.07) is 16.8. The van der Waals surface area contributed by atoms with E-state index < -0.39 is 0 Å². The van der Waals surface area contributed by atoms with Gasteiger partial charge in [0.15, 0.2) is 5.82 Å². The molecule has 136 valence electrons. The number of rotatable bonds is 3. The van der Waals surface area contributed by atoms with E-state index in [1.807, 2.05) is 47.4 Å². The van der Waals surface area contributed by atoms with Gasteiger partial charge >= 0.3 is 0 Å². The van der Waals surface area contributed by atoms with Crippen LogP contribution in [0.2, 0.25) is 5.02 Å². The van der Waals surface area contributed by atoms with Crippen molar-refractivity contribution in [3.63, 3.8) is 0 Å². The molecule has 1 aliphatic rings. The van der Waals surface area contributed by atoms with Crippen molar-refractivity contribution < 1.29 is 4.79 Å². The first kappa shape index (κ1) is 17.4. The summed E-state index contributed by atoms with van der Waals surface area (Å²) < 4.78 is 0. The van der Waals surface area contributed by atoms with E-state index in [0.29, 0.717) is 36.9 Å². The van der Waals surface area contributed by atoms with Crippen LogP contribution in [0.5, 0.6) is 0 Å². The zero-order valence-corrected chi connectivity index (χ0v) is 15.4. The van der Waals surface area contributed by atoms with Gasteiger partial charge in [-0.3, -0.25) is 9.78 Å². The molecule has 0 radical (unpaired) electrons. The largest absolute Gasteiger partial charge is 0.352 e. The highest BCUT2D eigenvalue weighted by Gasteiger charge is 2.23. The van der Waals surface area contributed by atoms with E-state index in [2.05, 4.69) is 20.1 Å². The van der Waals surface area contributed by atoms with E-state index in [0.717, 1.165) is 17.1 Å². The number of benzene rings is 1. The molecular weight excluding hydrogens is 362 g/mol. The van der Waals surface area contributed by atoms with Crippen LogP contribution < -0.4 is 4.90 Å². The quantitative estimate of drug-likeness (QED) is 0.699. The molecule has 0 aliphatic carbocycles. The van der Waals surface area contributed by atoms with Crippen LogP contribution in [-0.2, 0) is 0 Å². The summed E-state index contributed by atoms with van der Waals surface area (Å²) in [6.45, 7) is 2.67. The normalized spacial score (nSPS) is 14.3. The molecule has 0 atom stereocenters. The first-order chi connectivity index (χ1) is 13.2. The minimum absolute atomic E-state index is 0.0320. The van der Waals surface area contributed by atoms with E-state index in [9.17, 15) is 4.79 Å². The monoisotopic (exact) mass is 379 g/mol. The Kier molecular flexibility index (Phi) is 4.98. The highest BCUT2D eigenvalue weighted by Crippen LogP contribution is 2.26. The van der Waals surface area contributed by atoms with Crippen molar-refractivity contribution in [3.8, 4) is 11.3 Å². The third kappa shape index (κ3) is 3.75. The lowest BCUT2D eigenvalue weighted by molar-refractivity contribution is 0.0740. The van der Waals surface area contributed by atoms with Crippen molar-refractivity contribution in [2.75, 3.05) is 31.1 Å². The Morgan fingerprint density at radius 3 is 2.33 bits per heavy atom. The van der Waals surface area contributed by atoms with Gasteiger partial charge in [-0.05, 0) is 30.3 Å². The maximum atomic E-state index is 12.5. The lowest BCUT2D eigenvalue weighted by Crippen LogP contribution is -2.49. The SMILES string of the molecule is O=C(c1ccccn1)N1CCN(c2ccc(-c3ccccc3Cl)nn2)CC1. The number of amides is 1. The van der Waals surface area contributed by atoms with Crippen LogP contribution in [0.15, 0.2) is 60.8 Å². The fourth-order valence-corrected chi connectivity index (χ4v) is 3.33. The highest BCUT2D eigenvalue weighted by molar-refractivity contribution is 6.33. The molecule has 1 aromatic carbocycles. The molecule has 0 bridgehead atoms. The van der Waals surface area contributed by atoms with Crippen LogP contribution >= 0.6 is 11.6 Å². The fourth-order valence-electron chi connectivity index (χ4n) is 3.10. The molecule has 0 N–H and O–H groups in total. The molecule has 3 aromatic rings. The maximum Gasteiger partial charge on any atom is 0.272 e. The van der Waals surface area contributed by atoms with E-state index in [-0.39, 0.29) is 5.91 Å². The molecule has 1 saturated heterocycles. The van der Waals surface area contributed by atoms with Crippen molar-refractivity contribution in [2.24, 2.45) is 0 Å². The zero-order chi connectivity index (χ0) is 18.6. The van der Waals surface area contributed by atoms with Gasteiger partial charge in [0.1, 0.15) is 5.69 Å². The summed E-state index contributed by atoms with van der Waals surface area (Å²) in [7, 11) is 0. The second-order valence-corrected chi connectivity index (χ2v) is 6.66. The van der Waals surface area contributed by atoms with Gasteiger partial charge in [0, 0.05) is 37.9 Å². The third-order valence-electron chi connectivity index (χ3n) is 4.58. The third-order valence-corrected chi connectivity index (χ3v) is 4.90. The molecule has 27 heavy (non-hydrogen) atoms. The molecule has 4 rings (SSSR count). The van der Waals surface area contributed by atoms with Crippen LogP contribution in [0.25, 0.3) is 11.3 Å². The van der Waals surface area contributed by atoms with Gasteiger partial charge in [-0.1, -0.05) is 35.9 Å². The van der Waals surface area contributed by atoms with Crippen molar-refractivity contribution in [2.45, 2.75) is 0 Å². The fraction of sp³-hybridized carbons (Fsp3) is 0.200. The second-order valence-electron chi connectivity index (χ2n) is 6.25. The van der Waals surface area contributed by atoms with Crippen molar-refractivity contribution in [1.29, 1.82) is 0 Å². The average molecular weight is 380 g/mol. The number of anilines is 1. The van der Waals surface area contributed by atoms with Crippen LogP contribution in [0.3, 0.4) is 0 Å². The van der Waals surface area contributed by atoms with Crippen molar-refractivity contribution in [1.82, 2.24) is 20.1 Å². The zero-order valence-electron chi connectivity index (χ0n) is 14.6. The van der Waals surface area contributed by atoms with E-state index in [1.165, 1.54) is 0 Å². The van der Waals surface area contributed by atoms with Gasteiger partial charge in [0.2, 0.25) is 0 Å². The Balaban J connectivity index is 1.41. The number of carbonyl (C=O) groups is 1. The van der Waals surface area contributed by atoms with Gasteiger partial charge in [-0.15, -0.1) is 10.2 Å². The summed E-state index contributed by atoms with van der Waals surface area (Å²) in [4.78, 5) is 20.6. The maximum absolute atomic E-state index is 12.5. The Labute approximate surface area is 162 Å². The van der Waals surface area contributed by atoms with Gasteiger partial charge in [0.25, 0.3) is 5.91 Å². The number of pyridine rings is 1. The number of piperazine rings is 1. The molecule has 3 heterocycles. The Morgan fingerprint density at radius 2 is 1.67 bits per heavy atom. The molecule has 0 saturated carbocycles. The minimum atomic E-state index is -0.0320. The molecular formula is C20H18ClN5O. The Hall–Kier alpha value is -2.99. The molecule has 6 nitrogen and oxygen atoms in total. The van der Waals surface area contributed by atoms with Crippen LogP contribution in [0, 0.1) is 0 Å². The standard InChI is InChI=1S/C20H18ClN5O/c21-16-6-2-1-5-15(16)17-8-9-19(24-23-17)25-11-13-26(14-12-25)20(27)18-7-3-4-10-22-18/h1-10H,11-14H2. The summed E-state index contributed by atoms with van der Waals surface area (Å²) in [5, 5.41) is 9.32. The number of carbonyl (C=O) groups excluding carboxylic acids is 1. The van der Waals surface area contributed by atoms with E-state index in [1.54, 1.807) is 18.3 Å². The predicted molar refractivity (Wildman–Crippen MR) is 105 cm³/mol. The van der Waals surface area contributed by atoms with Gasteiger partial charge in [-0.25, -0.2) is 0 Å². The lowest BCUT2D eigenvalue weighted by atomic mass is 10.1. The highest BCUT2D eigenvalue weighted by atomic mass is 35.5. The summed E-state index contributed by atoms with van der Waals surface area (Å²) in [5.41, 5.74) is 2.09. The molecule has 0 spiro atoms. The molecule has 2 aromatic heterocycles. The summed E-state index contributed by atoms with van der Waals surface area (Å²) >= 11 is 6.22. The van der Waals surface area contributed by atoms with Crippen LogP contribution in [0.1, 0.15) is 10.5 Å². The molecule has 0 unspecified atom stereocenters.